The van der Waals surface area contributed by atoms with Gasteiger partial charge in [-0.1, -0.05) is 50.5 Å². The smallest absolute Gasteiger partial charge is 0.335 e. The van der Waals surface area contributed by atoms with Crippen LogP contribution in [0.3, 0.4) is 0 Å². The second kappa shape index (κ2) is 9.56. The third-order valence-corrected chi connectivity index (χ3v) is 3.84. The molecule has 0 bridgehead atoms. The van der Waals surface area contributed by atoms with Crippen molar-refractivity contribution < 1.29 is 14.6 Å². The van der Waals surface area contributed by atoms with E-state index < -0.39 is 5.97 Å². The standard InChI is InChI=1S/C21H24O3/c1-2-3-4-5-6-7-16-24-20-14-12-18(13-15-20)17-8-10-19(11-9-17)21(22)23/h7-16H,2-6H2,1H3,(H,22,23)/b16-7+. The maximum atomic E-state index is 10.9. The lowest BCUT2D eigenvalue weighted by atomic mass is 10.0. The molecule has 0 unspecified atom stereocenters. The molecule has 0 amide bonds. The zero-order valence-corrected chi connectivity index (χ0v) is 14.1. The molecule has 3 nitrogen and oxygen atoms in total. The number of carboxylic acid groups (broad SMARTS) is 1. The average Bonchev–Trinajstić information content (AvgIpc) is 2.61. The lowest BCUT2D eigenvalue weighted by Crippen LogP contribution is -1.94. The molecule has 2 aromatic carbocycles. The van der Waals surface area contributed by atoms with Crippen LogP contribution < -0.4 is 4.74 Å². The molecule has 0 atom stereocenters. The fraction of sp³-hybridized carbons (Fsp3) is 0.286. The van der Waals surface area contributed by atoms with Crippen LogP contribution in [-0.2, 0) is 0 Å². The lowest BCUT2D eigenvalue weighted by molar-refractivity contribution is 0.0697. The van der Waals surface area contributed by atoms with Gasteiger partial charge in [-0.05, 0) is 54.3 Å². The van der Waals surface area contributed by atoms with E-state index in [0.717, 1.165) is 23.3 Å². The monoisotopic (exact) mass is 324 g/mol. The largest absolute Gasteiger partial charge is 0.478 e. The molecule has 0 saturated heterocycles. The van der Waals surface area contributed by atoms with Crippen LogP contribution in [-0.4, -0.2) is 11.1 Å². The van der Waals surface area contributed by atoms with Gasteiger partial charge >= 0.3 is 5.97 Å². The number of benzene rings is 2. The molecule has 2 rings (SSSR count). The van der Waals surface area contributed by atoms with Crippen molar-refractivity contribution in [3.05, 3.63) is 66.4 Å². The molecule has 0 aromatic heterocycles. The van der Waals surface area contributed by atoms with Crippen molar-refractivity contribution in [2.24, 2.45) is 0 Å². The van der Waals surface area contributed by atoms with Gasteiger partial charge in [0.2, 0.25) is 0 Å². The number of unbranched alkanes of at least 4 members (excludes halogenated alkanes) is 4. The zero-order valence-electron chi connectivity index (χ0n) is 14.1. The van der Waals surface area contributed by atoms with E-state index >= 15 is 0 Å². The van der Waals surface area contributed by atoms with E-state index in [2.05, 4.69) is 13.0 Å². The van der Waals surface area contributed by atoms with Gasteiger partial charge in [-0.25, -0.2) is 4.79 Å². The highest BCUT2D eigenvalue weighted by molar-refractivity contribution is 5.88. The van der Waals surface area contributed by atoms with Gasteiger partial charge in [0.15, 0.2) is 0 Å². The van der Waals surface area contributed by atoms with Gasteiger partial charge in [0, 0.05) is 0 Å². The predicted molar refractivity (Wildman–Crippen MR) is 97.4 cm³/mol. The van der Waals surface area contributed by atoms with Crippen LogP contribution in [0.2, 0.25) is 0 Å². The van der Waals surface area contributed by atoms with Crippen molar-refractivity contribution in [1.82, 2.24) is 0 Å². The highest BCUT2D eigenvalue weighted by Crippen LogP contribution is 2.23. The first-order valence-electron chi connectivity index (χ1n) is 8.46. The maximum absolute atomic E-state index is 10.9. The molecule has 2 aromatic rings. The summed E-state index contributed by atoms with van der Waals surface area (Å²) in [6.07, 6.45) is 9.90. The quantitative estimate of drug-likeness (QED) is 0.460. The molecule has 1 N–H and O–H groups in total. The van der Waals surface area contributed by atoms with Gasteiger partial charge in [0.25, 0.3) is 0 Å². The van der Waals surface area contributed by atoms with Crippen LogP contribution >= 0.6 is 0 Å². The van der Waals surface area contributed by atoms with Gasteiger partial charge < -0.3 is 9.84 Å². The van der Waals surface area contributed by atoms with Gasteiger partial charge in [-0.2, -0.15) is 0 Å². The Morgan fingerprint density at radius 3 is 2.17 bits per heavy atom. The lowest BCUT2D eigenvalue weighted by Gasteiger charge is -2.04. The summed E-state index contributed by atoms with van der Waals surface area (Å²) in [7, 11) is 0. The summed E-state index contributed by atoms with van der Waals surface area (Å²) in [5.74, 6) is -0.113. The number of aromatic carboxylic acids is 1. The van der Waals surface area contributed by atoms with Crippen molar-refractivity contribution in [1.29, 1.82) is 0 Å². The van der Waals surface area contributed by atoms with Crippen molar-refractivity contribution in [3.8, 4) is 16.9 Å². The number of allylic oxidation sites excluding steroid dienone is 1. The minimum Gasteiger partial charge on any atom is -0.478 e. The number of carbonyl (C=O) groups is 1. The summed E-state index contributed by atoms with van der Waals surface area (Å²) in [6, 6.07) is 14.6. The summed E-state index contributed by atoms with van der Waals surface area (Å²) >= 11 is 0. The van der Waals surface area contributed by atoms with Crippen molar-refractivity contribution in [3.63, 3.8) is 0 Å². The summed E-state index contributed by atoms with van der Waals surface area (Å²) in [5, 5.41) is 8.92. The molecule has 0 aliphatic carbocycles. The summed E-state index contributed by atoms with van der Waals surface area (Å²) in [6.45, 7) is 2.21. The summed E-state index contributed by atoms with van der Waals surface area (Å²) in [4.78, 5) is 10.9. The molecular weight excluding hydrogens is 300 g/mol. The van der Waals surface area contributed by atoms with E-state index in [1.54, 1.807) is 18.4 Å². The SMILES string of the molecule is CCCCCC/C=C/Oc1ccc(-c2ccc(C(=O)O)cc2)cc1. The highest BCUT2D eigenvalue weighted by atomic mass is 16.5. The van der Waals surface area contributed by atoms with E-state index in [1.165, 1.54) is 25.7 Å². The molecule has 3 heteroatoms. The number of ether oxygens (including phenoxy) is 1. The van der Waals surface area contributed by atoms with Gasteiger partial charge in [0.05, 0.1) is 11.8 Å². The van der Waals surface area contributed by atoms with Gasteiger partial charge in [0.1, 0.15) is 5.75 Å². The van der Waals surface area contributed by atoms with E-state index in [1.807, 2.05) is 36.4 Å². The minimum absolute atomic E-state index is 0.294. The Hall–Kier alpha value is -2.55. The fourth-order valence-electron chi connectivity index (χ4n) is 2.41. The first-order chi connectivity index (χ1) is 11.7. The molecule has 0 fully saturated rings. The third-order valence-electron chi connectivity index (χ3n) is 3.84. The first kappa shape index (κ1) is 17.8. The number of rotatable bonds is 9. The predicted octanol–water partition coefficient (Wildman–Crippen LogP) is 5.91. The zero-order chi connectivity index (χ0) is 17.2. The van der Waals surface area contributed by atoms with Crippen molar-refractivity contribution >= 4 is 5.97 Å². The molecule has 0 heterocycles. The molecule has 126 valence electrons. The van der Waals surface area contributed by atoms with Crippen molar-refractivity contribution in [2.45, 2.75) is 39.0 Å². The Bertz CT molecular complexity index is 654. The van der Waals surface area contributed by atoms with E-state index in [-0.39, 0.29) is 0 Å². The van der Waals surface area contributed by atoms with E-state index in [4.69, 9.17) is 9.84 Å². The van der Waals surface area contributed by atoms with Crippen LogP contribution in [0.25, 0.3) is 11.1 Å². The molecule has 0 radical (unpaired) electrons. The second-order valence-corrected chi connectivity index (χ2v) is 5.75. The normalized spacial score (nSPS) is 10.9. The molecule has 0 aliphatic heterocycles. The number of carboxylic acids is 1. The van der Waals surface area contributed by atoms with Gasteiger partial charge in [-0.3, -0.25) is 0 Å². The Morgan fingerprint density at radius 1 is 0.958 bits per heavy atom. The Labute approximate surface area is 143 Å². The molecule has 24 heavy (non-hydrogen) atoms. The molecule has 0 aliphatic rings. The Kier molecular flexibility index (Phi) is 7.09. The van der Waals surface area contributed by atoms with Crippen LogP contribution in [0, 0.1) is 0 Å². The van der Waals surface area contributed by atoms with Crippen molar-refractivity contribution in [2.75, 3.05) is 0 Å². The van der Waals surface area contributed by atoms with Crippen LogP contribution in [0.1, 0.15) is 49.4 Å². The van der Waals surface area contributed by atoms with E-state index in [9.17, 15) is 4.79 Å². The number of hydrogen-bond donors (Lipinski definition) is 1. The fourth-order valence-corrected chi connectivity index (χ4v) is 2.41. The Morgan fingerprint density at radius 2 is 1.58 bits per heavy atom. The molecule has 0 spiro atoms. The van der Waals surface area contributed by atoms with Crippen LogP contribution in [0.15, 0.2) is 60.9 Å². The third kappa shape index (κ3) is 5.58. The second-order valence-electron chi connectivity index (χ2n) is 5.75. The highest BCUT2D eigenvalue weighted by Gasteiger charge is 2.03. The Balaban J connectivity index is 1.86. The number of hydrogen-bond acceptors (Lipinski definition) is 2. The summed E-state index contributed by atoms with van der Waals surface area (Å²) < 4.78 is 5.60. The first-order valence-corrected chi connectivity index (χ1v) is 8.46. The van der Waals surface area contributed by atoms with Crippen LogP contribution in [0.5, 0.6) is 5.75 Å². The minimum atomic E-state index is -0.910. The van der Waals surface area contributed by atoms with Gasteiger partial charge in [-0.15, -0.1) is 0 Å². The molecule has 0 saturated carbocycles. The average molecular weight is 324 g/mol. The molecular formula is C21H24O3. The maximum Gasteiger partial charge on any atom is 0.335 e. The summed E-state index contributed by atoms with van der Waals surface area (Å²) in [5.41, 5.74) is 2.31. The topological polar surface area (TPSA) is 46.5 Å². The van der Waals surface area contributed by atoms with Crippen LogP contribution in [0.4, 0.5) is 0 Å². The van der Waals surface area contributed by atoms with E-state index in [0.29, 0.717) is 5.56 Å².